The summed E-state index contributed by atoms with van der Waals surface area (Å²) >= 11 is 0. The average Bonchev–Trinajstić information content (AvgIpc) is 3.27. The highest BCUT2D eigenvalue weighted by molar-refractivity contribution is 5.76. The summed E-state index contributed by atoms with van der Waals surface area (Å²) < 4.78 is 5.11. The zero-order chi connectivity index (χ0) is 20.9. The van der Waals surface area contributed by atoms with Crippen LogP contribution in [0.15, 0.2) is 67.3 Å². The molecule has 4 heterocycles. The molecule has 0 aromatic carbocycles. The van der Waals surface area contributed by atoms with Crippen LogP contribution in [0.4, 0.5) is 5.82 Å². The third-order valence-corrected chi connectivity index (χ3v) is 5.62. The number of likely N-dealkylation sites (tertiary alicyclic amines) is 1. The quantitative estimate of drug-likeness (QED) is 0.632. The molecule has 2 N–H and O–H groups in total. The van der Waals surface area contributed by atoms with Crippen molar-refractivity contribution in [3.63, 3.8) is 0 Å². The van der Waals surface area contributed by atoms with Gasteiger partial charge in [0.1, 0.15) is 11.9 Å². The van der Waals surface area contributed by atoms with Gasteiger partial charge in [0, 0.05) is 30.7 Å². The molecule has 0 radical (unpaired) electrons. The SMILES string of the molecule is COC(=O)C1CCCN1C(c1cccc(N)n1)C(c1cccnc1)c1cccnc1. The van der Waals surface area contributed by atoms with Gasteiger partial charge in [0.2, 0.25) is 0 Å². The van der Waals surface area contributed by atoms with E-state index in [1.54, 1.807) is 18.5 Å². The van der Waals surface area contributed by atoms with Crippen molar-refractivity contribution in [3.8, 4) is 0 Å². The number of ether oxygens (including phenoxy) is 1. The lowest BCUT2D eigenvalue weighted by molar-refractivity contribution is -0.146. The summed E-state index contributed by atoms with van der Waals surface area (Å²) in [5, 5.41) is 0. The Morgan fingerprint density at radius 2 is 1.80 bits per heavy atom. The molecular weight excluding hydrogens is 378 g/mol. The van der Waals surface area contributed by atoms with Crippen LogP contribution < -0.4 is 5.73 Å². The molecule has 1 saturated heterocycles. The van der Waals surface area contributed by atoms with Crippen molar-refractivity contribution < 1.29 is 9.53 Å². The van der Waals surface area contributed by atoms with Crippen LogP contribution in [-0.4, -0.2) is 45.5 Å². The molecule has 0 bridgehead atoms. The maximum atomic E-state index is 12.6. The van der Waals surface area contributed by atoms with E-state index in [2.05, 4.69) is 19.9 Å². The predicted octanol–water partition coefficient (Wildman–Crippen LogP) is 2.96. The van der Waals surface area contributed by atoms with Crippen molar-refractivity contribution in [1.29, 1.82) is 0 Å². The molecule has 0 amide bonds. The molecular formula is C23H25N5O2. The lowest BCUT2D eigenvalue weighted by Gasteiger charge is -2.37. The summed E-state index contributed by atoms with van der Waals surface area (Å²) in [5.41, 5.74) is 8.90. The van der Waals surface area contributed by atoms with E-state index < -0.39 is 0 Å². The van der Waals surface area contributed by atoms with Crippen LogP contribution in [0.2, 0.25) is 0 Å². The Morgan fingerprint density at radius 1 is 1.10 bits per heavy atom. The number of methoxy groups -OCH3 is 1. The molecule has 0 aliphatic carbocycles. The van der Waals surface area contributed by atoms with Crippen molar-refractivity contribution in [2.24, 2.45) is 0 Å². The van der Waals surface area contributed by atoms with Gasteiger partial charge >= 0.3 is 5.97 Å². The summed E-state index contributed by atoms with van der Waals surface area (Å²) in [7, 11) is 1.44. The Labute approximate surface area is 175 Å². The first-order valence-corrected chi connectivity index (χ1v) is 10.0. The van der Waals surface area contributed by atoms with Crippen LogP contribution >= 0.6 is 0 Å². The average molecular weight is 403 g/mol. The molecule has 3 aromatic rings. The zero-order valence-electron chi connectivity index (χ0n) is 16.9. The Hall–Kier alpha value is -3.32. The summed E-state index contributed by atoms with van der Waals surface area (Å²) in [5.74, 6) is 0.0897. The number of carbonyl (C=O) groups excluding carboxylic acids is 1. The number of pyridine rings is 3. The minimum absolute atomic E-state index is 0.132. The molecule has 3 aromatic heterocycles. The molecule has 2 unspecified atom stereocenters. The van der Waals surface area contributed by atoms with Gasteiger partial charge in [-0.2, -0.15) is 0 Å². The highest BCUT2D eigenvalue weighted by Gasteiger charge is 2.42. The minimum atomic E-state index is -0.334. The maximum Gasteiger partial charge on any atom is 0.323 e. The first kappa shape index (κ1) is 20.0. The van der Waals surface area contributed by atoms with Crippen molar-refractivity contribution in [2.45, 2.75) is 30.8 Å². The first-order valence-electron chi connectivity index (χ1n) is 10.0. The molecule has 7 heteroatoms. The van der Waals surface area contributed by atoms with Gasteiger partial charge in [0.25, 0.3) is 0 Å². The highest BCUT2D eigenvalue weighted by atomic mass is 16.5. The van der Waals surface area contributed by atoms with Crippen molar-refractivity contribution >= 4 is 11.8 Å². The number of nitrogens with zero attached hydrogens (tertiary/aromatic N) is 4. The van der Waals surface area contributed by atoms with Crippen LogP contribution in [0.5, 0.6) is 0 Å². The standard InChI is InChI=1S/C23H25N5O2/c1-30-23(29)19-9-5-13-28(19)22(18-8-2-10-20(24)27-18)21(16-6-3-11-25-14-16)17-7-4-12-26-15-17/h2-4,6-8,10-12,14-15,19,21-22H,5,9,13H2,1H3,(H2,24,27). The molecule has 0 saturated carbocycles. The van der Waals surface area contributed by atoms with E-state index in [-0.39, 0.29) is 24.0 Å². The van der Waals surface area contributed by atoms with Crippen molar-refractivity contribution in [1.82, 2.24) is 19.9 Å². The summed E-state index contributed by atoms with van der Waals surface area (Å²) in [6.07, 6.45) is 8.89. The van der Waals surface area contributed by atoms with Crippen molar-refractivity contribution in [2.75, 3.05) is 19.4 Å². The number of carbonyl (C=O) groups is 1. The Balaban J connectivity index is 1.89. The monoisotopic (exact) mass is 403 g/mol. The third kappa shape index (κ3) is 4.02. The summed E-state index contributed by atoms with van der Waals surface area (Å²) in [4.78, 5) is 28.1. The fourth-order valence-corrected chi connectivity index (χ4v) is 4.35. The van der Waals surface area contributed by atoms with E-state index in [0.29, 0.717) is 5.82 Å². The van der Waals surface area contributed by atoms with E-state index in [1.165, 1.54) is 7.11 Å². The maximum absolute atomic E-state index is 12.6. The number of rotatable bonds is 6. The Bertz CT molecular complexity index is 944. The topological polar surface area (TPSA) is 94.2 Å². The number of hydrogen-bond donors (Lipinski definition) is 1. The van der Waals surface area contributed by atoms with Crippen LogP contribution in [0.1, 0.15) is 41.6 Å². The van der Waals surface area contributed by atoms with E-state index >= 15 is 0 Å². The lowest BCUT2D eigenvalue weighted by atomic mass is 9.83. The molecule has 1 aliphatic rings. The number of aromatic nitrogens is 3. The highest BCUT2D eigenvalue weighted by Crippen LogP contribution is 2.43. The lowest BCUT2D eigenvalue weighted by Crippen LogP contribution is -2.42. The molecule has 1 fully saturated rings. The van der Waals surface area contributed by atoms with Gasteiger partial charge in [-0.15, -0.1) is 0 Å². The summed E-state index contributed by atoms with van der Waals surface area (Å²) in [6.45, 7) is 0.762. The van der Waals surface area contributed by atoms with Crippen LogP contribution in [0, 0.1) is 0 Å². The molecule has 30 heavy (non-hydrogen) atoms. The van der Waals surface area contributed by atoms with Gasteiger partial charge in [-0.1, -0.05) is 18.2 Å². The molecule has 7 nitrogen and oxygen atoms in total. The largest absolute Gasteiger partial charge is 0.468 e. The predicted molar refractivity (Wildman–Crippen MR) is 113 cm³/mol. The van der Waals surface area contributed by atoms with Crippen molar-refractivity contribution in [3.05, 3.63) is 84.1 Å². The molecule has 2 atom stereocenters. The van der Waals surface area contributed by atoms with Gasteiger partial charge in [-0.3, -0.25) is 19.7 Å². The number of nitrogens with two attached hydrogens (primary N) is 1. The van der Waals surface area contributed by atoms with Crippen LogP contribution in [0.3, 0.4) is 0 Å². The number of nitrogen functional groups attached to an aromatic ring is 1. The van der Waals surface area contributed by atoms with Gasteiger partial charge in [0.15, 0.2) is 0 Å². The first-order chi connectivity index (χ1) is 14.7. The zero-order valence-corrected chi connectivity index (χ0v) is 16.9. The van der Waals surface area contributed by atoms with Crippen LogP contribution in [0.25, 0.3) is 0 Å². The van der Waals surface area contributed by atoms with Gasteiger partial charge in [-0.25, -0.2) is 4.98 Å². The molecule has 4 rings (SSSR count). The van der Waals surface area contributed by atoms with E-state index in [0.717, 1.165) is 36.2 Å². The van der Waals surface area contributed by atoms with Gasteiger partial charge in [0.05, 0.1) is 18.8 Å². The van der Waals surface area contributed by atoms with E-state index in [1.807, 2.05) is 48.8 Å². The Morgan fingerprint density at radius 3 is 2.37 bits per heavy atom. The van der Waals surface area contributed by atoms with E-state index in [9.17, 15) is 4.79 Å². The fraction of sp³-hybridized carbons (Fsp3) is 0.304. The van der Waals surface area contributed by atoms with Gasteiger partial charge in [-0.05, 0) is 54.8 Å². The normalized spacial score (nSPS) is 17.7. The summed E-state index contributed by atoms with van der Waals surface area (Å²) in [6, 6.07) is 13.0. The second-order valence-corrected chi connectivity index (χ2v) is 7.40. The third-order valence-electron chi connectivity index (χ3n) is 5.62. The van der Waals surface area contributed by atoms with E-state index in [4.69, 9.17) is 10.5 Å². The number of anilines is 1. The fourth-order valence-electron chi connectivity index (χ4n) is 4.35. The molecule has 154 valence electrons. The smallest absolute Gasteiger partial charge is 0.323 e. The van der Waals surface area contributed by atoms with Gasteiger partial charge < -0.3 is 10.5 Å². The second kappa shape index (κ2) is 9.00. The molecule has 1 aliphatic heterocycles. The number of hydrogen-bond acceptors (Lipinski definition) is 7. The minimum Gasteiger partial charge on any atom is -0.468 e. The second-order valence-electron chi connectivity index (χ2n) is 7.40. The van der Waals surface area contributed by atoms with Crippen LogP contribution in [-0.2, 0) is 9.53 Å². The Kier molecular flexibility index (Phi) is 5.99. The molecule has 0 spiro atoms. The number of esters is 1.